The Hall–Kier alpha value is -0.910. The molecule has 9 heavy (non-hydrogen) atoms. The first-order valence-corrected chi connectivity index (χ1v) is 2.68. The molecule has 0 spiro atoms. The van der Waals surface area contributed by atoms with Gasteiger partial charge in [-0.05, 0) is 13.3 Å². The Kier molecular flexibility index (Phi) is 3.61. The van der Waals surface area contributed by atoms with Crippen molar-refractivity contribution in [2.75, 3.05) is 6.67 Å². The predicted molar refractivity (Wildman–Crippen MR) is 30.4 cm³/mol. The number of nitriles is 1. The molecule has 0 aliphatic heterocycles. The Morgan fingerprint density at radius 2 is 2.44 bits per heavy atom. The molecule has 1 unspecified atom stereocenters. The standard InChI is InChI=1S/C6H8FNO/c1-5(9)6(4-8)2-3-7/h6H,2-3H2,1H3. The molecule has 2 nitrogen and oxygen atoms in total. The second kappa shape index (κ2) is 4.02. The van der Waals surface area contributed by atoms with Crippen LogP contribution in [0.1, 0.15) is 13.3 Å². The summed E-state index contributed by atoms with van der Waals surface area (Å²) in [6.45, 7) is 0.696. The van der Waals surface area contributed by atoms with E-state index in [1.54, 1.807) is 6.07 Å². The van der Waals surface area contributed by atoms with Gasteiger partial charge in [0.15, 0.2) is 0 Å². The summed E-state index contributed by atoms with van der Waals surface area (Å²) in [6, 6.07) is 1.71. The summed E-state index contributed by atoms with van der Waals surface area (Å²) in [5, 5.41) is 8.19. The third-order valence-corrected chi connectivity index (χ3v) is 1.04. The average Bonchev–Trinajstić information content (AvgIpc) is 1.82. The maximum atomic E-state index is 11.5. The van der Waals surface area contributed by atoms with Gasteiger partial charge in [0, 0.05) is 0 Å². The van der Waals surface area contributed by atoms with E-state index in [1.807, 2.05) is 0 Å². The van der Waals surface area contributed by atoms with E-state index in [9.17, 15) is 9.18 Å². The molecule has 50 valence electrons. The molecular formula is C6H8FNO. The highest BCUT2D eigenvalue weighted by Gasteiger charge is 2.11. The number of Topliss-reactive ketones (excluding diaryl/α,β-unsaturated/α-hetero) is 1. The quantitative estimate of drug-likeness (QED) is 0.572. The minimum absolute atomic E-state index is 0.0336. The van der Waals surface area contributed by atoms with Gasteiger partial charge in [0.25, 0.3) is 0 Å². The molecule has 0 aliphatic rings. The van der Waals surface area contributed by atoms with Crippen LogP contribution in [0.25, 0.3) is 0 Å². The van der Waals surface area contributed by atoms with Crippen LogP contribution in [0.15, 0.2) is 0 Å². The lowest BCUT2D eigenvalue weighted by Gasteiger charge is -1.97. The summed E-state index contributed by atoms with van der Waals surface area (Å²) >= 11 is 0. The van der Waals surface area contributed by atoms with Crippen molar-refractivity contribution in [1.82, 2.24) is 0 Å². The summed E-state index contributed by atoms with van der Waals surface area (Å²) in [6.07, 6.45) is 0.0336. The fraction of sp³-hybridized carbons (Fsp3) is 0.667. The van der Waals surface area contributed by atoms with E-state index in [-0.39, 0.29) is 12.2 Å². The van der Waals surface area contributed by atoms with Crippen LogP contribution in [0.2, 0.25) is 0 Å². The zero-order valence-corrected chi connectivity index (χ0v) is 5.22. The Bertz CT molecular complexity index is 138. The third-order valence-electron chi connectivity index (χ3n) is 1.04. The molecule has 0 bridgehead atoms. The zero-order chi connectivity index (χ0) is 7.28. The summed E-state index contributed by atoms with van der Waals surface area (Å²) in [5.74, 6) is -0.995. The first-order valence-electron chi connectivity index (χ1n) is 2.68. The number of alkyl halides is 1. The van der Waals surface area contributed by atoms with E-state index in [0.717, 1.165) is 0 Å². The van der Waals surface area contributed by atoms with Crippen molar-refractivity contribution in [2.45, 2.75) is 13.3 Å². The molecule has 0 heterocycles. The molecule has 1 atom stereocenters. The second-order valence-electron chi connectivity index (χ2n) is 1.77. The number of carbonyl (C=O) groups is 1. The first-order chi connectivity index (χ1) is 4.22. The summed E-state index contributed by atoms with van der Waals surface area (Å²) < 4.78 is 11.5. The van der Waals surface area contributed by atoms with Crippen LogP contribution in [0.5, 0.6) is 0 Å². The Morgan fingerprint density at radius 3 is 2.56 bits per heavy atom. The highest BCUT2D eigenvalue weighted by Crippen LogP contribution is 2.01. The smallest absolute Gasteiger partial charge is 0.147 e. The van der Waals surface area contributed by atoms with Gasteiger partial charge in [-0.1, -0.05) is 0 Å². The minimum Gasteiger partial charge on any atom is -0.299 e. The molecule has 0 saturated carbocycles. The van der Waals surface area contributed by atoms with Gasteiger partial charge < -0.3 is 0 Å². The van der Waals surface area contributed by atoms with Gasteiger partial charge in [-0.2, -0.15) is 5.26 Å². The minimum atomic E-state index is -0.741. The van der Waals surface area contributed by atoms with Crippen molar-refractivity contribution in [1.29, 1.82) is 5.26 Å². The molecule has 0 radical (unpaired) electrons. The van der Waals surface area contributed by atoms with Crippen LogP contribution in [0, 0.1) is 17.2 Å². The molecule has 3 heteroatoms. The largest absolute Gasteiger partial charge is 0.299 e. The second-order valence-corrected chi connectivity index (χ2v) is 1.77. The number of halogens is 1. The fourth-order valence-corrected chi connectivity index (χ4v) is 0.468. The lowest BCUT2D eigenvalue weighted by molar-refractivity contribution is -0.119. The van der Waals surface area contributed by atoms with Gasteiger partial charge in [0.2, 0.25) is 0 Å². The lowest BCUT2D eigenvalue weighted by atomic mass is 10.0. The Balaban J connectivity index is 3.72. The van der Waals surface area contributed by atoms with E-state index in [0.29, 0.717) is 0 Å². The van der Waals surface area contributed by atoms with E-state index in [2.05, 4.69) is 0 Å². The summed E-state index contributed by atoms with van der Waals surface area (Å²) in [7, 11) is 0. The van der Waals surface area contributed by atoms with Crippen molar-refractivity contribution in [2.24, 2.45) is 5.92 Å². The fourth-order valence-electron chi connectivity index (χ4n) is 0.468. The van der Waals surface area contributed by atoms with Crippen molar-refractivity contribution in [3.63, 3.8) is 0 Å². The molecule has 0 aromatic carbocycles. The maximum Gasteiger partial charge on any atom is 0.147 e. The van der Waals surface area contributed by atoms with Crippen LogP contribution < -0.4 is 0 Å². The summed E-state index contributed by atoms with van der Waals surface area (Å²) in [5.41, 5.74) is 0. The van der Waals surface area contributed by atoms with E-state index >= 15 is 0 Å². The molecular weight excluding hydrogens is 121 g/mol. The number of nitrogens with zero attached hydrogens (tertiary/aromatic N) is 1. The Morgan fingerprint density at radius 1 is 1.89 bits per heavy atom. The zero-order valence-electron chi connectivity index (χ0n) is 5.22. The van der Waals surface area contributed by atoms with Gasteiger partial charge in [-0.3, -0.25) is 9.18 Å². The topological polar surface area (TPSA) is 40.9 Å². The number of ketones is 1. The average molecular weight is 129 g/mol. The first kappa shape index (κ1) is 8.09. The SMILES string of the molecule is CC(=O)C(C#N)CCF. The molecule has 0 saturated heterocycles. The van der Waals surface area contributed by atoms with Crippen LogP contribution in [-0.4, -0.2) is 12.5 Å². The maximum absolute atomic E-state index is 11.5. The van der Waals surface area contributed by atoms with Crippen LogP contribution in [0.4, 0.5) is 4.39 Å². The van der Waals surface area contributed by atoms with Crippen LogP contribution in [-0.2, 0) is 4.79 Å². The molecule has 0 fully saturated rings. The molecule has 0 amide bonds. The number of rotatable bonds is 3. The highest BCUT2D eigenvalue weighted by atomic mass is 19.1. The van der Waals surface area contributed by atoms with Crippen molar-refractivity contribution < 1.29 is 9.18 Å². The highest BCUT2D eigenvalue weighted by molar-refractivity contribution is 5.80. The van der Waals surface area contributed by atoms with Gasteiger partial charge in [0.1, 0.15) is 11.7 Å². The normalized spacial score (nSPS) is 12.1. The van der Waals surface area contributed by atoms with Crippen molar-refractivity contribution >= 4 is 5.78 Å². The lowest BCUT2D eigenvalue weighted by Crippen LogP contribution is -2.08. The van der Waals surface area contributed by atoms with Gasteiger partial charge >= 0.3 is 0 Å². The molecule has 0 aromatic heterocycles. The number of hydrogen-bond acceptors (Lipinski definition) is 2. The van der Waals surface area contributed by atoms with E-state index < -0.39 is 12.6 Å². The monoisotopic (exact) mass is 129 g/mol. The predicted octanol–water partition coefficient (Wildman–Crippen LogP) is 1.07. The van der Waals surface area contributed by atoms with Crippen molar-refractivity contribution in [3.8, 4) is 6.07 Å². The number of hydrogen-bond donors (Lipinski definition) is 0. The van der Waals surface area contributed by atoms with Crippen LogP contribution >= 0.6 is 0 Å². The molecule has 0 aliphatic carbocycles. The van der Waals surface area contributed by atoms with Crippen LogP contribution in [0.3, 0.4) is 0 Å². The summed E-state index contributed by atoms with van der Waals surface area (Å²) in [4.78, 5) is 10.4. The van der Waals surface area contributed by atoms with Gasteiger partial charge in [0.05, 0.1) is 12.7 Å². The van der Waals surface area contributed by atoms with Gasteiger partial charge in [-0.25, -0.2) is 0 Å². The molecule has 0 rings (SSSR count). The number of carbonyl (C=O) groups excluding carboxylic acids is 1. The van der Waals surface area contributed by atoms with Crippen molar-refractivity contribution in [3.05, 3.63) is 0 Å². The van der Waals surface area contributed by atoms with E-state index in [1.165, 1.54) is 6.92 Å². The Labute approximate surface area is 53.3 Å². The molecule has 0 aromatic rings. The van der Waals surface area contributed by atoms with E-state index in [4.69, 9.17) is 5.26 Å². The molecule has 0 N–H and O–H groups in total. The van der Waals surface area contributed by atoms with Gasteiger partial charge in [-0.15, -0.1) is 0 Å². The third kappa shape index (κ3) is 2.81.